The highest BCUT2D eigenvalue weighted by Crippen LogP contribution is 2.30. The van der Waals surface area contributed by atoms with Gasteiger partial charge in [-0.15, -0.1) is 0 Å². The summed E-state index contributed by atoms with van der Waals surface area (Å²) in [5.41, 5.74) is 2.68. The predicted octanol–water partition coefficient (Wildman–Crippen LogP) is 4.70. The maximum absolute atomic E-state index is 13.7. The SMILES string of the molecule is COc1cc(OCC(=O)N(Cc2ccc(C)cc2)C(Cc2ccccc2)C(=O)NCC(C)C)ccc1[N+](=O)[O-]. The van der Waals surface area contributed by atoms with E-state index in [4.69, 9.17) is 9.47 Å². The lowest BCUT2D eigenvalue weighted by Crippen LogP contribution is -2.52. The molecule has 0 fully saturated rings. The number of methoxy groups -OCH3 is 1. The van der Waals surface area contributed by atoms with Crippen molar-refractivity contribution in [2.24, 2.45) is 5.92 Å². The first kappa shape index (κ1) is 29.2. The molecule has 9 heteroatoms. The van der Waals surface area contributed by atoms with E-state index in [1.54, 1.807) is 0 Å². The van der Waals surface area contributed by atoms with Crippen molar-refractivity contribution in [1.29, 1.82) is 0 Å². The van der Waals surface area contributed by atoms with Crippen molar-refractivity contribution < 1.29 is 24.0 Å². The van der Waals surface area contributed by atoms with Crippen LogP contribution >= 0.6 is 0 Å². The molecule has 0 bridgehead atoms. The number of aryl methyl sites for hydroxylation is 1. The summed E-state index contributed by atoms with van der Waals surface area (Å²) in [5.74, 6) is -0.131. The molecule has 0 heterocycles. The van der Waals surface area contributed by atoms with Gasteiger partial charge in [0.05, 0.1) is 12.0 Å². The van der Waals surface area contributed by atoms with Gasteiger partial charge in [0.2, 0.25) is 11.7 Å². The summed E-state index contributed by atoms with van der Waals surface area (Å²) in [6, 6.07) is 20.6. The normalized spacial score (nSPS) is 11.5. The van der Waals surface area contributed by atoms with E-state index in [-0.39, 0.29) is 42.2 Å². The van der Waals surface area contributed by atoms with Gasteiger partial charge < -0.3 is 19.7 Å². The fourth-order valence-electron chi connectivity index (χ4n) is 3.99. The number of hydrogen-bond donors (Lipinski definition) is 1. The Labute approximate surface area is 228 Å². The van der Waals surface area contributed by atoms with Crippen molar-refractivity contribution in [2.75, 3.05) is 20.3 Å². The minimum atomic E-state index is -0.782. The summed E-state index contributed by atoms with van der Waals surface area (Å²) < 4.78 is 10.8. The van der Waals surface area contributed by atoms with E-state index in [1.165, 1.54) is 30.2 Å². The number of hydrogen-bond acceptors (Lipinski definition) is 6. The topological polar surface area (TPSA) is 111 Å². The first-order chi connectivity index (χ1) is 18.7. The molecule has 0 aliphatic heterocycles. The third kappa shape index (κ3) is 8.56. The molecule has 0 aliphatic carbocycles. The van der Waals surface area contributed by atoms with Gasteiger partial charge in [-0.3, -0.25) is 19.7 Å². The monoisotopic (exact) mass is 533 g/mol. The molecule has 1 unspecified atom stereocenters. The molecular formula is C30H35N3O6. The van der Waals surface area contributed by atoms with Gasteiger partial charge in [-0.1, -0.05) is 74.0 Å². The summed E-state index contributed by atoms with van der Waals surface area (Å²) in [7, 11) is 1.32. The predicted molar refractivity (Wildman–Crippen MR) is 149 cm³/mol. The van der Waals surface area contributed by atoms with E-state index in [0.717, 1.165) is 16.7 Å². The number of carbonyl (C=O) groups excluding carboxylic acids is 2. The minimum absolute atomic E-state index is 0.0245. The first-order valence-corrected chi connectivity index (χ1v) is 12.8. The molecule has 3 aromatic carbocycles. The summed E-state index contributed by atoms with van der Waals surface area (Å²) >= 11 is 0. The van der Waals surface area contributed by atoms with Gasteiger partial charge >= 0.3 is 5.69 Å². The third-order valence-electron chi connectivity index (χ3n) is 6.14. The highest BCUT2D eigenvalue weighted by molar-refractivity contribution is 5.88. The number of ether oxygens (including phenoxy) is 2. The van der Waals surface area contributed by atoms with Crippen LogP contribution < -0.4 is 14.8 Å². The zero-order valence-electron chi connectivity index (χ0n) is 22.8. The molecule has 0 spiro atoms. The average molecular weight is 534 g/mol. The second-order valence-corrected chi connectivity index (χ2v) is 9.73. The fraction of sp³-hybridized carbons (Fsp3) is 0.333. The zero-order valence-corrected chi connectivity index (χ0v) is 22.8. The van der Waals surface area contributed by atoms with E-state index < -0.39 is 16.9 Å². The van der Waals surface area contributed by atoms with Gasteiger partial charge in [0.15, 0.2) is 6.61 Å². The molecule has 206 valence electrons. The van der Waals surface area contributed by atoms with E-state index in [2.05, 4.69) is 5.32 Å². The van der Waals surface area contributed by atoms with Crippen LogP contribution in [0.1, 0.15) is 30.5 Å². The summed E-state index contributed by atoms with van der Waals surface area (Å²) in [6.07, 6.45) is 0.327. The Bertz CT molecular complexity index is 1260. The van der Waals surface area contributed by atoms with E-state index in [1.807, 2.05) is 75.4 Å². The maximum Gasteiger partial charge on any atom is 0.311 e. The number of nitro groups is 1. The van der Waals surface area contributed by atoms with Crippen LogP contribution in [0.4, 0.5) is 5.69 Å². The highest BCUT2D eigenvalue weighted by atomic mass is 16.6. The van der Waals surface area contributed by atoms with Crippen molar-refractivity contribution >= 4 is 17.5 Å². The average Bonchev–Trinajstić information content (AvgIpc) is 2.93. The van der Waals surface area contributed by atoms with Crippen LogP contribution in [0.25, 0.3) is 0 Å². The van der Waals surface area contributed by atoms with Crippen molar-refractivity contribution in [2.45, 2.75) is 39.8 Å². The third-order valence-corrected chi connectivity index (χ3v) is 6.14. The standard InChI is InChI=1S/C30H35N3O6/c1-21(2)18-31-30(35)27(16-23-8-6-5-7-9-23)32(19-24-12-10-22(3)11-13-24)29(34)20-39-25-14-15-26(33(36)37)28(17-25)38-4/h5-15,17,21,27H,16,18-20H2,1-4H3,(H,31,35). The minimum Gasteiger partial charge on any atom is -0.490 e. The number of nitro benzene ring substituents is 1. The smallest absolute Gasteiger partial charge is 0.311 e. The Hall–Kier alpha value is -4.40. The van der Waals surface area contributed by atoms with Crippen molar-refractivity contribution in [3.05, 3.63) is 99.6 Å². The quantitative estimate of drug-likeness (QED) is 0.252. The van der Waals surface area contributed by atoms with Crippen LogP contribution in [-0.2, 0) is 22.6 Å². The van der Waals surface area contributed by atoms with Crippen molar-refractivity contribution in [1.82, 2.24) is 10.2 Å². The lowest BCUT2D eigenvalue weighted by Gasteiger charge is -2.31. The molecule has 0 aliphatic rings. The lowest BCUT2D eigenvalue weighted by molar-refractivity contribution is -0.385. The van der Waals surface area contributed by atoms with Crippen LogP contribution in [0.3, 0.4) is 0 Å². The lowest BCUT2D eigenvalue weighted by atomic mass is 10.0. The maximum atomic E-state index is 13.7. The zero-order chi connectivity index (χ0) is 28.4. The number of nitrogens with zero attached hydrogens (tertiary/aromatic N) is 2. The molecule has 1 N–H and O–H groups in total. The number of rotatable bonds is 13. The molecule has 9 nitrogen and oxygen atoms in total. The van der Waals surface area contributed by atoms with E-state index >= 15 is 0 Å². The van der Waals surface area contributed by atoms with E-state index in [0.29, 0.717) is 13.0 Å². The number of carbonyl (C=O) groups is 2. The summed E-state index contributed by atoms with van der Waals surface area (Å²) in [5, 5.41) is 14.2. The Balaban J connectivity index is 1.90. The van der Waals surface area contributed by atoms with Gasteiger partial charge in [-0.2, -0.15) is 0 Å². The van der Waals surface area contributed by atoms with Gasteiger partial charge in [0.25, 0.3) is 5.91 Å². The Morgan fingerprint density at radius 2 is 1.69 bits per heavy atom. The van der Waals surface area contributed by atoms with Crippen LogP contribution in [0, 0.1) is 23.0 Å². The Kier molecular flexibility index (Phi) is 10.4. The molecule has 0 saturated heterocycles. The fourth-order valence-corrected chi connectivity index (χ4v) is 3.99. The molecule has 0 saturated carbocycles. The molecule has 0 radical (unpaired) electrons. The Morgan fingerprint density at radius 1 is 1.00 bits per heavy atom. The van der Waals surface area contributed by atoms with Crippen LogP contribution in [0.2, 0.25) is 0 Å². The highest BCUT2D eigenvalue weighted by Gasteiger charge is 2.31. The van der Waals surface area contributed by atoms with Crippen molar-refractivity contribution in [3.63, 3.8) is 0 Å². The molecule has 39 heavy (non-hydrogen) atoms. The molecule has 0 aromatic heterocycles. The number of amides is 2. The van der Waals surface area contributed by atoms with Gasteiger partial charge in [0, 0.05) is 31.6 Å². The largest absolute Gasteiger partial charge is 0.490 e. The van der Waals surface area contributed by atoms with Crippen LogP contribution in [0.5, 0.6) is 11.5 Å². The van der Waals surface area contributed by atoms with Gasteiger partial charge in [-0.05, 0) is 30.0 Å². The molecule has 3 aromatic rings. The summed E-state index contributed by atoms with van der Waals surface area (Å²) in [4.78, 5) is 39.3. The summed E-state index contributed by atoms with van der Waals surface area (Å²) in [6.45, 7) is 6.32. The van der Waals surface area contributed by atoms with Gasteiger partial charge in [0.1, 0.15) is 11.8 Å². The van der Waals surface area contributed by atoms with Crippen LogP contribution in [0.15, 0.2) is 72.8 Å². The van der Waals surface area contributed by atoms with Crippen LogP contribution in [-0.4, -0.2) is 47.9 Å². The molecule has 3 rings (SSSR count). The van der Waals surface area contributed by atoms with Crippen molar-refractivity contribution in [3.8, 4) is 11.5 Å². The first-order valence-electron chi connectivity index (χ1n) is 12.8. The number of benzene rings is 3. The molecular weight excluding hydrogens is 498 g/mol. The molecule has 2 amide bonds. The Morgan fingerprint density at radius 3 is 2.31 bits per heavy atom. The number of nitrogens with one attached hydrogen (secondary N) is 1. The second kappa shape index (κ2) is 13.9. The molecule has 1 atom stereocenters. The van der Waals surface area contributed by atoms with Gasteiger partial charge in [-0.25, -0.2) is 0 Å². The second-order valence-electron chi connectivity index (χ2n) is 9.73. The van der Waals surface area contributed by atoms with E-state index in [9.17, 15) is 19.7 Å².